The first-order valence-electron chi connectivity index (χ1n) is 10.2. The molecular formula is C21H29N3O2. The molecule has 0 bridgehead atoms. The lowest BCUT2D eigenvalue weighted by Gasteiger charge is -2.41. The summed E-state index contributed by atoms with van der Waals surface area (Å²) in [6, 6.07) is 3.51. The third-order valence-corrected chi connectivity index (χ3v) is 6.60. The highest BCUT2D eigenvalue weighted by Crippen LogP contribution is 2.41. The number of carbonyl (C=O) groups is 2. The van der Waals surface area contributed by atoms with Crippen molar-refractivity contribution < 1.29 is 9.59 Å². The molecule has 1 unspecified atom stereocenters. The largest absolute Gasteiger partial charge is 0.342 e. The second kappa shape index (κ2) is 7.37. The SMILES string of the molecule is O=C(c1ccncc1)N1CCC2(CCCN(CC3CCCCC3)C2=O)C1. The normalized spacial score (nSPS) is 27.3. The number of nitrogens with zero attached hydrogens (tertiary/aromatic N) is 3. The number of amides is 2. The Labute approximate surface area is 155 Å². The molecule has 26 heavy (non-hydrogen) atoms. The molecule has 0 aromatic carbocycles. The molecule has 1 aromatic heterocycles. The molecule has 0 radical (unpaired) electrons. The van der Waals surface area contributed by atoms with Gasteiger partial charge in [-0.1, -0.05) is 19.3 Å². The summed E-state index contributed by atoms with van der Waals surface area (Å²) in [5, 5.41) is 0. The van der Waals surface area contributed by atoms with Crippen LogP contribution >= 0.6 is 0 Å². The third kappa shape index (κ3) is 3.36. The number of pyridine rings is 1. The smallest absolute Gasteiger partial charge is 0.253 e. The minimum absolute atomic E-state index is 0.0291. The van der Waals surface area contributed by atoms with E-state index in [2.05, 4.69) is 9.88 Å². The van der Waals surface area contributed by atoms with Crippen LogP contribution in [-0.4, -0.2) is 52.8 Å². The Hall–Kier alpha value is -1.91. The van der Waals surface area contributed by atoms with E-state index in [4.69, 9.17) is 0 Å². The lowest BCUT2D eigenvalue weighted by Crippen LogP contribution is -2.51. The lowest BCUT2D eigenvalue weighted by atomic mass is 9.77. The van der Waals surface area contributed by atoms with E-state index in [9.17, 15) is 9.59 Å². The number of aromatic nitrogens is 1. The van der Waals surface area contributed by atoms with Gasteiger partial charge in [0.1, 0.15) is 0 Å². The predicted octanol–water partition coefficient (Wildman–Crippen LogP) is 3.12. The topological polar surface area (TPSA) is 53.5 Å². The Morgan fingerprint density at radius 3 is 2.62 bits per heavy atom. The van der Waals surface area contributed by atoms with Crippen LogP contribution in [0.1, 0.15) is 61.7 Å². The molecule has 1 aromatic rings. The van der Waals surface area contributed by atoms with Crippen LogP contribution in [0.3, 0.4) is 0 Å². The first kappa shape index (κ1) is 17.5. The molecule has 3 fully saturated rings. The van der Waals surface area contributed by atoms with Crippen LogP contribution in [0.4, 0.5) is 0 Å². The van der Waals surface area contributed by atoms with E-state index < -0.39 is 0 Å². The summed E-state index contributed by atoms with van der Waals surface area (Å²) in [6.07, 6.45) is 12.6. The summed E-state index contributed by atoms with van der Waals surface area (Å²) in [6.45, 7) is 3.09. The van der Waals surface area contributed by atoms with Gasteiger partial charge < -0.3 is 9.80 Å². The fourth-order valence-electron chi connectivity index (χ4n) is 5.11. The van der Waals surface area contributed by atoms with Crippen molar-refractivity contribution in [2.24, 2.45) is 11.3 Å². The molecule has 140 valence electrons. The van der Waals surface area contributed by atoms with E-state index in [1.807, 2.05) is 4.90 Å². The molecule has 1 spiro atoms. The zero-order valence-electron chi connectivity index (χ0n) is 15.5. The maximum Gasteiger partial charge on any atom is 0.253 e. The molecule has 5 nitrogen and oxygen atoms in total. The summed E-state index contributed by atoms with van der Waals surface area (Å²) in [5.74, 6) is 1.01. The van der Waals surface area contributed by atoms with Crippen molar-refractivity contribution in [2.45, 2.75) is 51.4 Å². The number of likely N-dealkylation sites (tertiary alicyclic amines) is 2. The highest BCUT2D eigenvalue weighted by atomic mass is 16.2. The van der Waals surface area contributed by atoms with Crippen molar-refractivity contribution in [3.05, 3.63) is 30.1 Å². The van der Waals surface area contributed by atoms with E-state index >= 15 is 0 Å². The minimum atomic E-state index is -0.338. The van der Waals surface area contributed by atoms with Gasteiger partial charge in [-0.15, -0.1) is 0 Å². The van der Waals surface area contributed by atoms with Crippen molar-refractivity contribution in [1.82, 2.24) is 14.8 Å². The second-order valence-electron chi connectivity index (χ2n) is 8.35. The Balaban J connectivity index is 1.43. The molecule has 3 heterocycles. The molecule has 1 saturated carbocycles. The van der Waals surface area contributed by atoms with Gasteiger partial charge >= 0.3 is 0 Å². The van der Waals surface area contributed by atoms with Gasteiger partial charge in [0.15, 0.2) is 0 Å². The number of rotatable bonds is 3. The highest BCUT2D eigenvalue weighted by molar-refractivity contribution is 5.95. The number of hydrogen-bond donors (Lipinski definition) is 0. The van der Waals surface area contributed by atoms with Crippen LogP contribution in [-0.2, 0) is 4.79 Å². The van der Waals surface area contributed by atoms with Crippen LogP contribution in [0.25, 0.3) is 0 Å². The summed E-state index contributed by atoms with van der Waals surface area (Å²) in [4.78, 5) is 34.0. The fraction of sp³-hybridized carbons (Fsp3) is 0.667. The monoisotopic (exact) mass is 355 g/mol. The molecule has 2 amide bonds. The van der Waals surface area contributed by atoms with Crippen molar-refractivity contribution in [2.75, 3.05) is 26.2 Å². The van der Waals surface area contributed by atoms with Gasteiger partial charge in [-0.3, -0.25) is 14.6 Å². The average molecular weight is 355 g/mol. The molecular weight excluding hydrogens is 326 g/mol. The lowest BCUT2D eigenvalue weighted by molar-refractivity contribution is -0.146. The molecule has 1 atom stereocenters. The second-order valence-corrected chi connectivity index (χ2v) is 8.35. The van der Waals surface area contributed by atoms with Gasteiger partial charge in [0.25, 0.3) is 5.91 Å². The first-order chi connectivity index (χ1) is 12.7. The van der Waals surface area contributed by atoms with E-state index in [0.29, 0.717) is 30.5 Å². The molecule has 5 heteroatoms. The molecule has 1 aliphatic carbocycles. The molecule has 2 aliphatic heterocycles. The molecule has 2 saturated heterocycles. The van der Waals surface area contributed by atoms with Gasteiger partial charge in [0, 0.05) is 44.1 Å². The quantitative estimate of drug-likeness (QED) is 0.837. The van der Waals surface area contributed by atoms with E-state index in [-0.39, 0.29) is 11.3 Å². The number of carbonyl (C=O) groups excluding carboxylic acids is 2. The third-order valence-electron chi connectivity index (χ3n) is 6.60. The maximum absolute atomic E-state index is 13.3. The molecule has 0 N–H and O–H groups in total. The standard InChI is InChI=1S/C21H29N3O2/c25-19(18-7-11-22-12-8-18)24-14-10-21(16-24)9-4-13-23(20(21)26)15-17-5-2-1-3-6-17/h7-8,11-12,17H,1-6,9-10,13-16H2. The van der Waals surface area contributed by atoms with Crippen LogP contribution in [0.15, 0.2) is 24.5 Å². The summed E-state index contributed by atoms with van der Waals surface area (Å²) in [7, 11) is 0. The van der Waals surface area contributed by atoms with Crippen LogP contribution < -0.4 is 0 Å². The molecule has 4 rings (SSSR count). The molecule has 3 aliphatic rings. The van der Waals surface area contributed by atoms with Gasteiger partial charge in [-0.2, -0.15) is 0 Å². The highest BCUT2D eigenvalue weighted by Gasteiger charge is 2.49. The Bertz CT molecular complexity index is 656. The van der Waals surface area contributed by atoms with E-state index in [0.717, 1.165) is 32.4 Å². The zero-order valence-corrected chi connectivity index (χ0v) is 15.5. The summed E-state index contributed by atoms with van der Waals surface area (Å²) in [5.41, 5.74) is 0.328. The maximum atomic E-state index is 13.3. The minimum Gasteiger partial charge on any atom is -0.342 e. The van der Waals surface area contributed by atoms with Crippen molar-refractivity contribution in [3.63, 3.8) is 0 Å². The fourth-order valence-corrected chi connectivity index (χ4v) is 5.11. The van der Waals surface area contributed by atoms with Crippen LogP contribution in [0.5, 0.6) is 0 Å². The van der Waals surface area contributed by atoms with Crippen LogP contribution in [0.2, 0.25) is 0 Å². The van der Waals surface area contributed by atoms with Crippen LogP contribution in [0, 0.1) is 11.3 Å². The van der Waals surface area contributed by atoms with Gasteiger partial charge in [-0.25, -0.2) is 0 Å². The average Bonchev–Trinajstić information content (AvgIpc) is 3.12. The predicted molar refractivity (Wildman–Crippen MR) is 99.6 cm³/mol. The Morgan fingerprint density at radius 1 is 1.08 bits per heavy atom. The summed E-state index contributed by atoms with van der Waals surface area (Å²) < 4.78 is 0. The van der Waals surface area contributed by atoms with Gasteiger partial charge in [0.05, 0.1) is 5.41 Å². The van der Waals surface area contributed by atoms with Gasteiger partial charge in [-0.05, 0) is 50.2 Å². The number of hydrogen-bond acceptors (Lipinski definition) is 3. The van der Waals surface area contributed by atoms with Crippen molar-refractivity contribution in [1.29, 1.82) is 0 Å². The number of piperidine rings is 1. The van der Waals surface area contributed by atoms with Crippen molar-refractivity contribution in [3.8, 4) is 0 Å². The summed E-state index contributed by atoms with van der Waals surface area (Å²) >= 11 is 0. The van der Waals surface area contributed by atoms with E-state index in [1.165, 1.54) is 32.1 Å². The van der Waals surface area contributed by atoms with E-state index in [1.54, 1.807) is 24.5 Å². The Kier molecular flexibility index (Phi) is 4.96. The zero-order chi connectivity index (χ0) is 18.0. The van der Waals surface area contributed by atoms with Gasteiger partial charge in [0.2, 0.25) is 5.91 Å². The van der Waals surface area contributed by atoms with Crippen molar-refractivity contribution >= 4 is 11.8 Å². The first-order valence-corrected chi connectivity index (χ1v) is 10.2. The Morgan fingerprint density at radius 2 is 1.85 bits per heavy atom.